The van der Waals surface area contributed by atoms with E-state index in [4.69, 9.17) is 0 Å². The largest absolute Gasteiger partial charge is 0.317 e. The molecular formula is C14H30N2S. The topological polar surface area (TPSA) is 15.3 Å². The van der Waals surface area contributed by atoms with Crippen molar-refractivity contribution in [1.29, 1.82) is 0 Å². The number of rotatable bonds is 6. The van der Waals surface area contributed by atoms with Crippen molar-refractivity contribution in [3.8, 4) is 0 Å². The molecule has 0 saturated heterocycles. The van der Waals surface area contributed by atoms with Gasteiger partial charge in [0.15, 0.2) is 0 Å². The molecule has 1 aliphatic rings. The lowest BCUT2D eigenvalue weighted by Crippen LogP contribution is -2.45. The Morgan fingerprint density at radius 3 is 2.71 bits per heavy atom. The van der Waals surface area contributed by atoms with Gasteiger partial charge in [0.25, 0.3) is 0 Å². The van der Waals surface area contributed by atoms with E-state index in [1.165, 1.54) is 31.6 Å². The minimum Gasteiger partial charge on any atom is -0.317 e. The first kappa shape index (κ1) is 15.3. The van der Waals surface area contributed by atoms with E-state index >= 15 is 0 Å². The van der Waals surface area contributed by atoms with Gasteiger partial charge < -0.3 is 10.2 Å². The van der Waals surface area contributed by atoms with Gasteiger partial charge in [-0.1, -0.05) is 6.92 Å². The van der Waals surface area contributed by atoms with E-state index in [1.807, 2.05) is 11.8 Å². The molecular weight excluding hydrogens is 228 g/mol. The zero-order valence-electron chi connectivity index (χ0n) is 12.2. The van der Waals surface area contributed by atoms with E-state index < -0.39 is 0 Å². The molecule has 1 fully saturated rings. The molecule has 0 aromatic rings. The first-order valence-electron chi connectivity index (χ1n) is 6.94. The van der Waals surface area contributed by atoms with Crippen LogP contribution in [0.4, 0.5) is 0 Å². The summed E-state index contributed by atoms with van der Waals surface area (Å²) in [7, 11) is 4.41. The molecule has 17 heavy (non-hydrogen) atoms. The van der Waals surface area contributed by atoms with Gasteiger partial charge in [0, 0.05) is 24.4 Å². The third kappa shape index (κ3) is 4.80. The number of thioether (sulfide) groups is 1. The second-order valence-electron chi connectivity index (χ2n) is 5.82. The zero-order valence-corrected chi connectivity index (χ0v) is 13.0. The lowest BCUT2D eigenvalue weighted by molar-refractivity contribution is 0.149. The van der Waals surface area contributed by atoms with Crippen LogP contribution in [-0.2, 0) is 0 Å². The quantitative estimate of drug-likeness (QED) is 0.788. The van der Waals surface area contributed by atoms with E-state index in [0.29, 0.717) is 6.04 Å². The maximum Gasteiger partial charge on any atom is 0.0155 e. The van der Waals surface area contributed by atoms with Crippen LogP contribution in [0.5, 0.6) is 0 Å². The van der Waals surface area contributed by atoms with Crippen molar-refractivity contribution in [3.63, 3.8) is 0 Å². The second-order valence-corrected chi connectivity index (χ2v) is 6.73. The van der Waals surface area contributed by atoms with Crippen molar-refractivity contribution in [3.05, 3.63) is 0 Å². The molecule has 4 atom stereocenters. The van der Waals surface area contributed by atoms with Crippen LogP contribution in [0.2, 0.25) is 0 Å². The fourth-order valence-electron chi connectivity index (χ4n) is 3.00. The van der Waals surface area contributed by atoms with Crippen LogP contribution < -0.4 is 5.32 Å². The van der Waals surface area contributed by atoms with Crippen molar-refractivity contribution in [2.45, 2.75) is 45.2 Å². The monoisotopic (exact) mass is 258 g/mol. The second kappa shape index (κ2) is 7.65. The molecule has 1 saturated carbocycles. The third-order valence-corrected chi connectivity index (χ3v) is 5.11. The van der Waals surface area contributed by atoms with Gasteiger partial charge in [-0.3, -0.25) is 0 Å². The van der Waals surface area contributed by atoms with E-state index in [2.05, 4.69) is 44.4 Å². The maximum atomic E-state index is 3.52. The Morgan fingerprint density at radius 1 is 1.41 bits per heavy atom. The molecule has 1 rings (SSSR count). The van der Waals surface area contributed by atoms with Crippen LogP contribution in [0.25, 0.3) is 0 Å². The molecule has 1 N–H and O–H groups in total. The first-order valence-corrected chi connectivity index (χ1v) is 8.34. The standard InChI is InChI=1S/C14H30N2S/c1-11-6-7-14(15-3)13(8-11)9-16(4)12(2)10-17-5/h11-15H,6-10H2,1-5H3. The third-order valence-electron chi connectivity index (χ3n) is 4.30. The molecule has 102 valence electrons. The predicted octanol–water partition coefficient (Wildman–Crippen LogP) is 2.69. The molecule has 0 heterocycles. The lowest BCUT2D eigenvalue weighted by Gasteiger charge is -2.38. The Kier molecular flexibility index (Phi) is 6.90. The molecule has 0 amide bonds. The Bertz CT molecular complexity index is 210. The summed E-state index contributed by atoms with van der Waals surface area (Å²) >= 11 is 1.95. The van der Waals surface area contributed by atoms with Crippen molar-refractivity contribution < 1.29 is 0 Å². The minimum atomic E-state index is 0.694. The Morgan fingerprint density at radius 2 is 2.12 bits per heavy atom. The van der Waals surface area contributed by atoms with Crippen molar-refractivity contribution >= 4 is 11.8 Å². The molecule has 0 aromatic carbocycles. The van der Waals surface area contributed by atoms with Gasteiger partial charge in [-0.2, -0.15) is 11.8 Å². The SMILES string of the molecule is CNC1CCC(C)CC1CN(C)C(C)CSC. The molecule has 2 nitrogen and oxygen atoms in total. The Hall–Kier alpha value is 0.270. The summed E-state index contributed by atoms with van der Waals surface area (Å²) in [4.78, 5) is 2.55. The number of hydrogen-bond donors (Lipinski definition) is 1. The predicted molar refractivity (Wildman–Crippen MR) is 79.8 cm³/mol. The van der Waals surface area contributed by atoms with Gasteiger partial charge in [-0.25, -0.2) is 0 Å². The fraction of sp³-hybridized carbons (Fsp3) is 1.00. The molecule has 0 bridgehead atoms. The lowest BCUT2D eigenvalue weighted by atomic mass is 9.78. The molecule has 3 heteroatoms. The average Bonchev–Trinajstić information content (AvgIpc) is 2.29. The molecule has 0 spiro atoms. The van der Waals surface area contributed by atoms with Crippen LogP contribution >= 0.6 is 11.8 Å². The molecule has 0 aromatic heterocycles. The first-order chi connectivity index (χ1) is 8.08. The summed E-state index contributed by atoms with van der Waals surface area (Å²) in [5.74, 6) is 2.98. The molecule has 1 aliphatic carbocycles. The highest BCUT2D eigenvalue weighted by Gasteiger charge is 2.28. The van der Waals surface area contributed by atoms with Crippen molar-refractivity contribution in [2.24, 2.45) is 11.8 Å². The van der Waals surface area contributed by atoms with Crippen molar-refractivity contribution in [2.75, 3.05) is 32.6 Å². The summed E-state index contributed by atoms with van der Waals surface area (Å²) < 4.78 is 0. The van der Waals surface area contributed by atoms with Gasteiger partial charge in [-0.05, 0) is 58.4 Å². The fourth-order valence-corrected chi connectivity index (χ4v) is 3.74. The number of nitrogens with one attached hydrogen (secondary N) is 1. The Labute approximate surface area is 112 Å². The maximum absolute atomic E-state index is 3.52. The summed E-state index contributed by atoms with van der Waals surface area (Å²) in [5.41, 5.74) is 0. The minimum absolute atomic E-state index is 0.694. The normalized spacial score (nSPS) is 31.8. The van der Waals surface area contributed by atoms with Crippen LogP contribution in [0, 0.1) is 11.8 Å². The highest BCUT2D eigenvalue weighted by molar-refractivity contribution is 7.98. The van der Waals surface area contributed by atoms with Gasteiger partial charge in [0.05, 0.1) is 0 Å². The molecule has 0 aliphatic heterocycles. The molecule has 0 radical (unpaired) electrons. The average molecular weight is 258 g/mol. The van der Waals surface area contributed by atoms with Gasteiger partial charge in [0.2, 0.25) is 0 Å². The summed E-state index contributed by atoms with van der Waals surface area (Å²) in [6, 6.07) is 1.43. The van der Waals surface area contributed by atoms with Crippen LogP contribution in [-0.4, -0.2) is 49.6 Å². The van der Waals surface area contributed by atoms with E-state index in [0.717, 1.165) is 17.9 Å². The van der Waals surface area contributed by atoms with Gasteiger partial charge in [-0.15, -0.1) is 0 Å². The van der Waals surface area contributed by atoms with Crippen LogP contribution in [0.15, 0.2) is 0 Å². The molecule has 4 unspecified atom stereocenters. The number of nitrogens with zero attached hydrogens (tertiary/aromatic N) is 1. The van der Waals surface area contributed by atoms with Gasteiger partial charge in [0.1, 0.15) is 0 Å². The van der Waals surface area contributed by atoms with E-state index in [1.54, 1.807) is 0 Å². The van der Waals surface area contributed by atoms with Gasteiger partial charge >= 0.3 is 0 Å². The zero-order chi connectivity index (χ0) is 12.8. The van der Waals surface area contributed by atoms with E-state index in [9.17, 15) is 0 Å². The van der Waals surface area contributed by atoms with Crippen molar-refractivity contribution in [1.82, 2.24) is 10.2 Å². The highest BCUT2D eigenvalue weighted by Crippen LogP contribution is 2.29. The summed E-state index contributed by atoms with van der Waals surface area (Å²) in [6.45, 7) is 6.00. The smallest absolute Gasteiger partial charge is 0.0155 e. The Balaban J connectivity index is 2.46. The summed E-state index contributed by atoms with van der Waals surface area (Å²) in [6.07, 6.45) is 6.34. The highest BCUT2D eigenvalue weighted by atomic mass is 32.2. The van der Waals surface area contributed by atoms with Crippen LogP contribution in [0.1, 0.15) is 33.1 Å². The summed E-state index contributed by atoms with van der Waals surface area (Å²) in [5, 5.41) is 3.52. The van der Waals surface area contributed by atoms with E-state index in [-0.39, 0.29) is 0 Å². The number of hydrogen-bond acceptors (Lipinski definition) is 3. The van der Waals surface area contributed by atoms with Crippen LogP contribution in [0.3, 0.4) is 0 Å².